The van der Waals surface area contributed by atoms with Gasteiger partial charge in [0.1, 0.15) is 0 Å². The van der Waals surface area contributed by atoms with Crippen LogP contribution < -0.4 is 11.1 Å². The van der Waals surface area contributed by atoms with Crippen LogP contribution in [0.2, 0.25) is 5.02 Å². The van der Waals surface area contributed by atoms with Gasteiger partial charge in [-0.2, -0.15) is 0 Å². The van der Waals surface area contributed by atoms with Gasteiger partial charge in [0.15, 0.2) is 0 Å². The highest BCUT2D eigenvalue weighted by Gasteiger charge is 2.14. The van der Waals surface area contributed by atoms with Crippen molar-refractivity contribution in [3.8, 4) is 0 Å². The monoisotopic (exact) mass is 367 g/mol. The number of rotatable bonds is 3. The largest absolute Gasteiger partial charge is 0.399 e. The fourth-order valence-corrected chi connectivity index (χ4v) is 2.25. The lowest BCUT2D eigenvalue weighted by atomic mass is 10.1. The Morgan fingerprint density at radius 3 is 2.57 bits per heavy atom. The van der Waals surface area contributed by atoms with Gasteiger partial charge in [-0.05, 0) is 52.3 Å². The van der Waals surface area contributed by atoms with Crippen LogP contribution in [0.25, 0.3) is 0 Å². The van der Waals surface area contributed by atoms with E-state index in [4.69, 9.17) is 17.3 Å². The first-order chi connectivity index (χ1) is 9.88. The lowest BCUT2D eigenvalue weighted by Crippen LogP contribution is -2.22. The van der Waals surface area contributed by atoms with Crippen molar-refractivity contribution in [3.63, 3.8) is 0 Å². The van der Waals surface area contributed by atoms with E-state index in [1.165, 1.54) is 4.90 Å². The first-order valence-corrected chi connectivity index (χ1v) is 7.39. The number of hydrogen-bond acceptors (Lipinski definition) is 3. The predicted octanol–water partition coefficient (Wildman–Crippen LogP) is 4.13. The first-order valence-electron chi connectivity index (χ1n) is 6.21. The second-order valence-corrected chi connectivity index (χ2v) is 6.02. The van der Waals surface area contributed by atoms with Crippen LogP contribution in [0.4, 0.5) is 17.1 Å². The Balaban J connectivity index is 2.40. The normalized spacial score (nSPS) is 10.3. The maximum atomic E-state index is 12.2. The third kappa shape index (κ3) is 3.68. The quantitative estimate of drug-likeness (QED) is 0.801. The Hall–Kier alpha value is -1.72. The maximum absolute atomic E-state index is 12.2. The summed E-state index contributed by atoms with van der Waals surface area (Å²) in [6.45, 7) is 0. The van der Waals surface area contributed by atoms with Crippen LogP contribution in [-0.4, -0.2) is 24.9 Å². The Labute approximate surface area is 137 Å². The molecule has 0 bridgehead atoms. The van der Waals surface area contributed by atoms with Gasteiger partial charge in [0.2, 0.25) is 0 Å². The zero-order valence-electron chi connectivity index (χ0n) is 11.7. The minimum atomic E-state index is -0.0966. The Bertz CT molecular complexity index is 689. The third-order valence-electron chi connectivity index (χ3n) is 2.88. The van der Waals surface area contributed by atoms with E-state index in [-0.39, 0.29) is 5.91 Å². The summed E-state index contributed by atoms with van der Waals surface area (Å²) in [6, 6.07) is 10.6. The van der Waals surface area contributed by atoms with Crippen molar-refractivity contribution in [2.45, 2.75) is 0 Å². The van der Waals surface area contributed by atoms with Gasteiger partial charge in [0.05, 0.1) is 16.3 Å². The SMILES string of the molecule is CN(C)C(=O)c1ccc(N)cc1Nc1ccc(Br)c(Cl)c1. The summed E-state index contributed by atoms with van der Waals surface area (Å²) >= 11 is 9.42. The van der Waals surface area contributed by atoms with E-state index in [2.05, 4.69) is 21.2 Å². The van der Waals surface area contributed by atoms with Crippen LogP contribution in [0.5, 0.6) is 0 Å². The summed E-state index contributed by atoms with van der Waals surface area (Å²) in [5, 5.41) is 3.77. The lowest BCUT2D eigenvalue weighted by Gasteiger charge is -2.16. The molecule has 0 radical (unpaired) electrons. The van der Waals surface area contributed by atoms with E-state index in [0.717, 1.165) is 10.2 Å². The molecule has 4 nitrogen and oxygen atoms in total. The zero-order valence-corrected chi connectivity index (χ0v) is 14.0. The molecule has 0 fully saturated rings. The van der Waals surface area contributed by atoms with Gasteiger partial charge in [-0.1, -0.05) is 11.6 Å². The number of halogens is 2. The smallest absolute Gasteiger partial charge is 0.255 e. The lowest BCUT2D eigenvalue weighted by molar-refractivity contribution is 0.0828. The molecule has 0 unspecified atom stereocenters. The molecule has 2 aromatic rings. The molecule has 110 valence electrons. The van der Waals surface area contributed by atoms with Gasteiger partial charge < -0.3 is 16.0 Å². The molecule has 0 spiro atoms. The van der Waals surface area contributed by atoms with Gasteiger partial charge in [-0.15, -0.1) is 0 Å². The summed E-state index contributed by atoms with van der Waals surface area (Å²) in [5.74, 6) is -0.0966. The number of hydrogen-bond donors (Lipinski definition) is 2. The Morgan fingerprint density at radius 2 is 1.95 bits per heavy atom. The molecule has 0 aliphatic heterocycles. The molecule has 1 amide bonds. The molecule has 0 heterocycles. The average molecular weight is 369 g/mol. The number of nitrogens with two attached hydrogens (primary N) is 1. The fraction of sp³-hybridized carbons (Fsp3) is 0.133. The van der Waals surface area contributed by atoms with E-state index in [0.29, 0.717) is 22.0 Å². The number of benzene rings is 2. The molecule has 0 aromatic heterocycles. The Morgan fingerprint density at radius 1 is 1.24 bits per heavy atom. The highest BCUT2D eigenvalue weighted by Crippen LogP contribution is 2.29. The van der Waals surface area contributed by atoms with Gasteiger partial charge in [0.25, 0.3) is 5.91 Å². The molecule has 0 saturated heterocycles. The molecular formula is C15H15BrClN3O. The average Bonchev–Trinajstić information content (AvgIpc) is 2.42. The number of carbonyl (C=O) groups is 1. The molecular weight excluding hydrogens is 354 g/mol. The highest BCUT2D eigenvalue weighted by molar-refractivity contribution is 9.10. The predicted molar refractivity (Wildman–Crippen MR) is 91.3 cm³/mol. The fourth-order valence-electron chi connectivity index (χ4n) is 1.82. The van der Waals surface area contributed by atoms with Crippen molar-refractivity contribution in [1.29, 1.82) is 0 Å². The molecule has 0 saturated carbocycles. The van der Waals surface area contributed by atoms with E-state index in [9.17, 15) is 4.79 Å². The second-order valence-electron chi connectivity index (χ2n) is 4.76. The van der Waals surface area contributed by atoms with Gasteiger partial charge in [0, 0.05) is 29.9 Å². The van der Waals surface area contributed by atoms with Gasteiger partial charge in [-0.3, -0.25) is 4.79 Å². The van der Waals surface area contributed by atoms with E-state index in [1.54, 1.807) is 38.4 Å². The maximum Gasteiger partial charge on any atom is 0.255 e. The van der Waals surface area contributed by atoms with Crippen molar-refractivity contribution >= 4 is 50.5 Å². The van der Waals surface area contributed by atoms with E-state index >= 15 is 0 Å². The highest BCUT2D eigenvalue weighted by atomic mass is 79.9. The van der Waals surface area contributed by atoms with E-state index in [1.807, 2.05) is 12.1 Å². The number of carbonyl (C=O) groups excluding carboxylic acids is 1. The molecule has 2 aromatic carbocycles. The molecule has 21 heavy (non-hydrogen) atoms. The summed E-state index contributed by atoms with van der Waals surface area (Å²) in [4.78, 5) is 13.7. The van der Waals surface area contributed by atoms with Crippen LogP contribution in [-0.2, 0) is 0 Å². The Kier molecular flexibility index (Phi) is 4.75. The van der Waals surface area contributed by atoms with Crippen LogP contribution in [0, 0.1) is 0 Å². The van der Waals surface area contributed by atoms with Crippen molar-refractivity contribution in [3.05, 3.63) is 51.5 Å². The standard InChI is InChI=1S/C15H15BrClN3O/c1-20(2)15(21)11-5-3-9(18)7-14(11)19-10-4-6-12(16)13(17)8-10/h3-8,19H,18H2,1-2H3. The van der Waals surface area contributed by atoms with Crippen molar-refractivity contribution in [2.24, 2.45) is 0 Å². The first kappa shape index (κ1) is 15.7. The van der Waals surface area contributed by atoms with Crippen LogP contribution in [0.3, 0.4) is 0 Å². The molecule has 0 atom stereocenters. The van der Waals surface area contributed by atoms with Gasteiger partial charge >= 0.3 is 0 Å². The second kappa shape index (κ2) is 6.37. The summed E-state index contributed by atoms with van der Waals surface area (Å²) in [7, 11) is 3.41. The zero-order chi connectivity index (χ0) is 15.6. The molecule has 3 N–H and O–H groups in total. The molecule has 0 aliphatic rings. The van der Waals surface area contributed by atoms with Crippen LogP contribution >= 0.6 is 27.5 Å². The number of nitrogens with zero attached hydrogens (tertiary/aromatic N) is 1. The van der Waals surface area contributed by atoms with Gasteiger partial charge in [-0.25, -0.2) is 0 Å². The minimum absolute atomic E-state index is 0.0966. The molecule has 0 aliphatic carbocycles. The third-order valence-corrected chi connectivity index (χ3v) is 4.11. The van der Waals surface area contributed by atoms with Crippen molar-refractivity contribution in [1.82, 2.24) is 4.90 Å². The number of anilines is 3. The van der Waals surface area contributed by atoms with Crippen LogP contribution in [0.15, 0.2) is 40.9 Å². The topological polar surface area (TPSA) is 58.4 Å². The summed E-state index contributed by atoms with van der Waals surface area (Å²) in [5.41, 5.74) is 8.37. The summed E-state index contributed by atoms with van der Waals surface area (Å²) in [6.07, 6.45) is 0. The number of nitrogens with one attached hydrogen (secondary N) is 1. The van der Waals surface area contributed by atoms with E-state index < -0.39 is 0 Å². The summed E-state index contributed by atoms with van der Waals surface area (Å²) < 4.78 is 0.812. The minimum Gasteiger partial charge on any atom is -0.399 e. The molecule has 6 heteroatoms. The molecule has 2 rings (SSSR count). The van der Waals surface area contributed by atoms with Crippen LogP contribution in [0.1, 0.15) is 10.4 Å². The van der Waals surface area contributed by atoms with Crippen molar-refractivity contribution in [2.75, 3.05) is 25.1 Å². The number of nitrogen functional groups attached to an aromatic ring is 1. The van der Waals surface area contributed by atoms with Crippen molar-refractivity contribution < 1.29 is 4.79 Å². The number of amides is 1.